The van der Waals surface area contributed by atoms with E-state index in [1.807, 2.05) is 44.4 Å². The van der Waals surface area contributed by atoms with Gasteiger partial charge in [0.05, 0.1) is 22.5 Å². The summed E-state index contributed by atoms with van der Waals surface area (Å²) in [7, 11) is 0. The minimum absolute atomic E-state index is 0.0787. The van der Waals surface area contributed by atoms with Crippen molar-refractivity contribution in [1.29, 1.82) is 0 Å². The third kappa shape index (κ3) is 6.10. The molecular formula is C30H31N9O4. The van der Waals surface area contributed by atoms with Crippen molar-refractivity contribution in [2.24, 2.45) is 0 Å². The van der Waals surface area contributed by atoms with Crippen molar-refractivity contribution >= 4 is 34.7 Å². The highest BCUT2D eigenvalue weighted by Crippen LogP contribution is 2.32. The van der Waals surface area contributed by atoms with Gasteiger partial charge in [-0.2, -0.15) is 10.1 Å². The average Bonchev–Trinajstić information content (AvgIpc) is 3.45. The van der Waals surface area contributed by atoms with E-state index in [0.717, 1.165) is 24.1 Å². The first kappa shape index (κ1) is 27.7. The summed E-state index contributed by atoms with van der Waals surface area (Å²) >= 11 is 0. The zero-order valence-electron chi connectivity index (χ0n) is 24.2. The van der Waals surface area contributed by atoms with E-state index < -0.39 is 11.0 Å². The van der Waals surface area contributed by atoms with E-state index in [-0.39, 0.29) is 11.1 Å². The van der Waals surface area contributed by atoms with Gasteiger partial charge < -0.3 is 15.4 Å². The van der Waals surface area contributed by atoms with Crippen molar-refractivity contribution in [3.8, 4) is 17.3 Å². The fourth-order valence-corrected chi connectivity index (χ4v) is 4.43. The normalized spacial score (nSPS) is 13.1. The summed E-state index contributed by atoms with van der Waals surface area (Å²) in [4.78, 5) is 33.1. The van der Waals surface area contributed by atoms with Crippen LogP contribution in [0.4, 0.5) is 27.8 Å². The molecule has 1 aliphatic carbocycles. The van der Waals surface area contributed by atoms with Gasteiger partial charge in [-0.1, -0.05) is 32.9 Å². The summed E-state index contributed by atoms with van der Waals surface area (Å²) in [6, 6.07) is 13.1. The number of nitrogens with zero attached hydrogens (tertiary/aromatic N) is 6. The van der Waals surface area contributed by atoms with Crippen molar-refractivity contribution in [3.05, 3.63) is 88.5 Å². The maximum atomic E-state index is 13.2. The molecule has 13 heteroatoms. The molecule has 3 aromatic heterocycles. The first-order chi connectivity index (χ1) is 20.5. The second-order valence-electron chi connectivity index (χ2n) is 11.5. The van der Waals surface area contributed by atoms with Crippen LogP contribution >= 0.6 is 0 Å². The molecule has 1 aliphatic rings. The SMILES string of the molecule is Cc1ccc(NC(=O)Nc2cc(C(C)(C)C)nn2-c2cccc([N+](=O)[O-])c2)cc1Oc1cn2ccnc2c(NC2CC2)n1. The Morgan fingerprint density at radius 2 is 1.93 bits per heavy atom. The highest BCUT2D eigenvalue weighted by Gasteiger charge is 2.24. The maximum Gasteiger partial charge on any atom is 0.324 e. The molecule has 1 fully saturated rings. The predicted molar refractivity (Wildman–Crippen MR) is 162 cm³/mol. The summed E-state index contributed by atoms with van der Waals surface area (Å²) in [6.07, 6.45) is 7.49. The zero-order chi connectivity index (χ0) is 30.3. The first-order valence-corrected chi connectivity index (χ1v) is 13.9. The molecule has 43 heavy (non-hydrogen) atoms. The predicted octanol–water partition coefficient (Wildman–Crippen LogP) is 6.44. The number of hydrogen-bond acceptors (Lipinski definition) is 8. The Morgan fingerprint density at radius 3 is 2.67 bits per heavy atom. The molecule has 220 valence electrons. The van der Waals surface area contributed by atoms with Crippen LogP contribution in [-0.4, -0.2) is 41.1 Å². The molecule has 0 bridgehead atoms. The van der Waals surface area contributed by atoms with Crippen LogP contribution in [0.15, 0.2) is 67.1 Å². The number of amides is 2. The molecule has 2 amide bonds. The molecule has 0 aliphatic heterocycles. The molecule has 0 saturated heterocycles. The van der Waals surface area contributed by atoms with Gasteiger partial charge >= 0.3 is 6.03 Å². The lowest BCUT2D eigenvalue weighted by atomic mass is 9.92. The van der Waals surface area contributed by atoms with Gasteiger partial charge in [-0.05, 0) is 37.5 Å². The average molecular weight is 582 g/mol. The molecule has 2 aromatic carbocycles. The molecule has 0 radical (unpaired) electrons. The van der Waals surface area contributed by atoms with Crippen LogP contribution in [0.3, 0.4) is 0 Å². The zero-order valence-corrected chi connectivity index (χ0v) is 24.2. The molecular weight excluding hydrogens is 550 g/mol. The van der Waals surface area contributed by atoms with Crippen molar-refractivity contribution in [1.82, 2.24) is 24.1 Å². The Balaban J connectivity index is 1.23. The Bertz CT molecular complexity index is 1850. The highest BCUT2D eigenvalue weighted by atomic mass is 16.6. The number of fused-ring (bicyclic) bond motifs is 1. The monoisotopic (exact) mass is 581 g/mol. The van der Waals surface area contributed by atoms with Crippen molar-refractivity contribution in [2.75, 3.05) is 16.0 Å². The van der Waals surface area contributed by atoms with E-state index in [0.29, 0.717) is 46.4 Å². The van der Waals surface area contributed by atoms with Crippen LogP contribution in [0.5, 0.6) is 11.6 Å². The van der Waals surface area contributed by atoms with Crippen molar-refractivity contribution < 1.29 is 14.5 Å². The van der Waals surface area contributed by atoms with E-state index in [1.54, 1.807) is 42.7 Å². The van der Waals surface area contributed by atoms with Gasteiger partial charge in [-0.3, -0.25) is 19.8 Å². The number of imidazole rings is 1. The van der Waals surface area contributed by atoms with Crippen LogP contribution < -0.4 is 20.7 Å². The van der Waals surface area contributed by atoms with Gasteiger partial charge in [0.25, 0.3) is 5.69 Å². The van der Waals surface area contributed by atoms with Gasteiger partial charge in [0, 0.05) is 53.8 Å². The Morgan fingerprint density at radius 1 is 1.12 bits per heavy atom. The maximum absolute atomic E-state index is 13.2. The largest absolute Gasteiger partial charge is 0.437 e. The van der Waals surface area contributed by atoms with E-state index in [1.165, 1.54) is 16.8 Å². The van der Waals surface area contributed by atoms with Crippen LogP contribution in [0, 0.1) is 17.0 Å². The number of aryl methyl sites for hydroxylation is 1. The van der Waals surface area contributed by atoms with E-state index in [2.05, 4.69) is 31.0 Å². The Labute approximate surface area is 247 Å². The second kappa shape index (κ2) is 10.7. The number of non-ortho nitro benzene ring substituents is 1. The molecule has 13 nitrogen and oxygen atoms in total. The van der Waals surface area contributed by atoms with Crippen LogP contribution in [0.1, 0.15) is 44.9 Å². The van der Waals surface area contributed by atoms with Crippen LogP contribution in [0.2, 0.25) is 0 Å². The lowest BCUT2D eigenvalue weighted by Gasteiger charge is -2.14. The number of ether oxygens (including phenoxy) is 1. The number of nitrogens with one attached hydrogen (secondary N) is 3. The number of rotatable bonds is 8. The lowest BCUT2D eigenvalue weighted by molar-refractivity contribution is -0.384. The van der Waals surface area contributed by atoms with E-state index >= 15 is 0 Å². The summed E-state index contributed by atoms with van der Waals surface area (Å²) in [5.74, 6) is 1.93. The van der Waals surface area contributed by atoms with Crippen LogP contribution in [-0.2, 0) is 5.41 Å². The number of carbonyl (C=O) groups excluding carboxylic acids is 1. The van der Waals surface area contributed by atoms with Gasteiger partial charge in [0.1, 0.15) is 11.6 Å². The fourth-order valence-electron chi connectivity index (χ4n) is 4.43. The second-order valence-corrected chi connectivity index (χ2v) is 11.5. The lowest BCUT2D eigenvalue weighted by Crippen LogP contribution is -2.21. The minimum Gasteiger partial charge on any atom is -0.437 e. The van der Waals surface area contributed by atoms with Gasteiger partial charge in [-0.25, -0.2) is 14.5 Å². The van der Waals surface area contributed by atoms with Crippen molar-refractivity contribution in [3.63, 3.8) is 0 Å². The Hall–Kier alpha value is -5.46. The molecule has 0 atom stereocenters. The number of anilines is 3. The topological polar surface area (TPSA) is 154 Å². The van der Waals surface area contributed by atoms with Gasteiger partial charge in [0.15, 0.2) is 11.5 Å². The number of nitro benzene ring substituents is 1. The van der Waals surface area contributed by atoms with E-state index in [4.69, 9.17) is 4.74 Å². The first-order valence-electron chi connectivity index (χ1n) is 13.9. The number of hydrogen-bond donors (Lipinski definition) is 3. The summed E-state index contributed by atoms with van der Waals surface area (Å²) < 4.78 is 9.52. The van der Waals surface area contributed by atoms with Gasteiger partial charge in [0.2, 0.25) is 5.88 Å². The molecule has 0 unspecified atom stereocenters. The minimum atomic E-state index is -0.518. The number of nitro groups is 1. The standard InChI is InChI=1S/C30H31N9O4/c1-18-8-9-20(14-23(18)43-26-17-37-13-12-31-28(37)27(35-26)32-19-10-11-19)33-29(40)34-25-16-24(30(2,3)4)36-38(25)21-6-5-7-22(15-21)39(41)42/h5-9,12-17,19H,10-11H2,1-4H3,(H,32,35)(H2,33,34,40). The number of carbonyl (C=O) groups is 1. The van der Waals surface area contributed by atoms with Gasteiger partial charge in [-0.15, -0.1) is 0 Å². The van der Waals surface area contributed by atoms with Crippen molar-refractivity contribution in [2.45, 2.75) is 52.0 Å². The molecule has 0 spiro atoms. The third-order valence-corrected chi connectivity index (χ3v) is 6.94. The van der Waals surface area contributed by atoms with Crippen LogP contribution in [0.25, 0.3) is 11.3 Å². The fraction of sp³-hybridized carbons (Fsp3) is 0.267. The summed E-state index contributed by atoms with van der Waals surface area (Å²) in [5.41, 5.74) is 2.82. The third-order valence-electron chi connectivity index (χ3n) is 6.94. The highest BCUT2D eigenvalue weighted by molar-refractivity contribution is 5.99. The quantitative estimate of drug-likeness (QED) is 0.140. The molecule has 3 heterocycles. The van der Waals surface area contributed by atoms with E-state index in [9.17, 15) is 14.9 Å². The smallest absolute Gasteiger partial charge is 0.324 e. The number of aromatic nitrogens is 5. The molecule has 5 aromatic rings. The summed E-state index contributed by atoms with van der Waals surface area (Å²) in [5, 5.41) is 25.1. The number of urea groups is 1. The molecule has 3 N–H and O–H groups in total. The number of benzene rings is 2. The summed E-state index contributed by atoms with van der Waals surface area (Å²) in [6.45, 7) is 7.89. The molecule has 1 saturated carbocycles. The molecule has 6 rings (SSSR count). The Kier molecular flexibility index (Phi) is 6.92.